The summed E-state index contributed by atoms with van der Waals surface area (Å²) < 4.78 is 0. The minimum Gasteiger partial charge on any atom is -0.399 e. The molecule has 18 heavy (non-hydrogen) atoms. The molecule has 0 spiro atoms. The number of nitrogen functional groups attached to an aromatic ring is 1. The van der Waals surface area contributed by atoms with Crippen molar-refractivity contribution in [1.82, 2.24) is 0 Å². The van der Waals surface area contributed by atoms with Crippen LogP contribution in [0.1, 0.15) is 70.3 Å². The average molecular weight is 247 g/mol. The molecule has 0 aromatic heterocycles. The predicted molar refractivity (Wildman–Crippen MR) is 81.8 cm³/mol. The van der Waals surface area contributed by atoms with Gasteiger partial charge in [0.15, 0.2) is 0 Å². The van der Waals surface area contributed by atoms with Gasteiger partial charge in [0.25, 0.3) is 0 Å². The van der Waals surface area contributed by atoms with E-state index in [4.69, 9.17) is 5.73 Å². The first-order valence-corrected chi connectivity index (χ1v) is 7.68. The van der Waals surface area contributed by atoms with Crippen molar-refractivity contribution in [2.75, 3.05) is 5.73 Å². The van der Waals surface area contributed by atoms with E-state index in [1.807, 2.05) is 12.1 Å². The Labute approximate surface area is 113 Å². The average Bonchev–Trinajstić information content (AvgIpc) is 2.39. The first-order chi connectivity index (χ1) is 8.84. The van der Waals surface area contributed by atoms with Crippen molar-refractivity contribution in [3.63, 3.8) is 0 Å². The molecule has 2 N–H and O–H groups in total. The highest BCUT2D eigenvalue weighted by molar-refractivity contribution is 5.46. The lowest BCUT2D eigenvalue weighted by Gasteiger charge is -2.05. The fourth-order valence-electron chi connectivity index (χ4n) is 2.39. The van der Waals surface area contributed by atoms with Crippen LogP contribution in [0.5, 0.6) is 0 Å². The minimum absolute atomic E-state index is 0.956. The van der Waals surface area contributed by atoms with Crippen molar-refractivity contribution in [2.45, 2.75) is 71.1 Å². The Bertz CT molecular complexity index is 306. The maximum Gasteiger partial charge on any atom is 0.0346 e. The summed E-state index contributed by atoms with van der Waals surface area (Å²) >= 11 is 0. The van der Waals surface area contributed by atoms with Crippen LogP contribution < -0.4 is 5.73 Å². The lowest BCUT2D eigenvalue weighted by atomic mass is 10.0. The van der Waals surface area contributed by atoms with Crippen LogP contribution in [0.15, 0.2) is 24.3 Å². The predicted octanol–water partition coefficient (Wildman–Crippen LogP) is 5.34. The van der Waals surface area contributed by atoms with Crippen LogP contribution >= 0.6 is 0 Å². The Morgan fingerprint density at radius 2 is 1.33 bits per heavy atom. The summed E-state index contributed by atoms with van der Waals surface area (Å²) in [5.74, 6) is 0. The monoisotopic (exact) mass is 247 g/mol. The SMILES string of the molecule is CCCCCCCCCCCc1ccccc1N. The van der Waals surface area contributed by atoms with Crippen LogP contribution in [-0.2, 0) is 6.42 Å². The first kappa shape index (κ1) is 15.1. The van der Waals surface area contributed by atoms with Crippen molar-refractivity contribution < 1.29 is 0 Å². The van der Waals surface area contributed by atoms with E-state index in [-0.39, 0.29) is 0 Å². The maximum absolute atomic E-state index is 5.93. The molecule has 0 saturated carbocycles. The summed E-state index contributed by atoms with van der Waals surface area (Å²) in [6.45, 7) is 2.27. The standard InChI is InChI=1S/C17H29N/c1-2-3-4-5-6-7-8-9-10-13-16-14-11-12-15-17(16)18/h11-12,14-15H,2-10,13,18H2,1H3. The Balaban J connectivity index is 1.94. The van der Waals surface area contributed by atoms with E-state index in [2.05, 4.69) is 19.1 Å². The van der Waals surface area contributed by atoms with Crippen LogP contribution in [0.3, 0.4) is 0 Å². The molecule has 0 unspecified atom stereocenters. The second-order valence-electron chi connectivity index (χ2n) is 5.28. The van der Waals surface area contributed by atoms with Crippen LogP contribution in [0.2, 0.25) is 0 Å². The molecule has 1 aromatic carbocycles. The van der Waals surface area contributed by atoms with Crippen molar-refractivity contribution in [3.8, 4) is 0 Å². The number of aryl methyl sites for hydroxylation is 1. The van der Waals surface area contributed by atoms with Gasteiger partial charge in [-0.05, 0) is 24.5 Å². The van der Waals surface area contributed by atoms with E-state index in [0.29, 0.717) is 0 Å². The quantitative estimate of drug-likeness (QED) is 0.438. The molecular formula is C17H29N. The van der Waals surface area contributed by atoms with Crippen molar-refractivity contribution >= 4 is 5.69 Å². The highest BCUT2D eigenvalue weighted by Gasteiger charge is 1.97. The third kappa shape index (κ3) is 6.68. The molecule has 0 heterocycles. The molecule has 0 saturated heterocycles. The summed E-state index contributed by atoms with van der Waals surface area (Å²) in [6, 6.07) is 8.25. The van der Waals surface area contributed by atoms with Crippen molar-refractivity contribution in [3.05, 3.63) is 29.8 Å². The number of hydrogen-bond donors (Lipinski definition) is 1. The van der Waals surface area contributed by atoms with Gasteiger partial charge in [0.05, 0.1) is 0 Å². The Morgan fingerprint density at radius 1 is 0.778 bits per heavy atom. The fourth-order valence-corrected chi connectivity index (χ4v) is 2.39. The molecule has 0 amide bonds. The fraction of sp³-hybridized carbons (Fsp3) is 0.647. The maximum atomic E-state index is 5.93. The van der Waals surface area contributed by atoms with E-state index < -0.39 is 0 Å². The first-order valence-electron chi connectivity index (χ1n) is 7.68. The number of rotatable bonds is 10. The Morgan fingerprint density at radius 3 is 1.94 bits per heavy atom. The summed E-state index contributed by atoms with van der Waals surface area (Å²) in [5, 5.41) is 0. The molecule has 1 aromatic rings. The molecule has 0 radical (unpaired) electrons. The van der Waals surface area contributed by atoms with Gasteiger partial charge in [0.1, 0.15) is 0 Å². The molecule has 102 valence electrons. The Hall–Kier alpha value is -0.980. The van der Waals surface area contributed by atoms with Gasteiger partial charge in [-0.1, -0.05) is 76.5 Å². The third-order valence-electron chi connectivity index (χ3n) is 3.60. The van der Waals surface area contributed by atoms with Gasteiger partial charge >= 0.3 is 0 Å². The topological polar surface area (TPSA) is 26.0 Å². The van der Waals surface area contributed by atoms with Crippen LogP contribution in [0, 0.1) is 0 Å². The van der Waals surface area contributed by atoms with Gasteiger partial charge in [-0.3, -0.25) is 0 Å². The van der Waals surface area contributed by atoms with Gasteiger partial charge in [0.2, 0.25) is 0 Å². The normalized spacial score (nSPS) is 10.7. The molecular weight excluding hydrogens is 218 g/mol. The number of hydrogen-bond acceptors (Lipinski definition) is 1. The molecule has 0 bridgehead atoms. The van der Waals surface area contributed by atoms with E-state index in [0.717, 1.165) is 12.1 Å². The molecule has 0 aliphatic carbocycles. The number of benzene rings is 1. The molecule has 1 nitrogen and oxygen atoms in total. The highest BCUT2D eigenvalue weighted by Crippen LogP contribution is 2.15. The van der Waals surface area contributed by atoms with E-state index in [9.17, 15) is 0 Å². The lowest BCUT2D eigenvalue weighted by molar-refractivity contribution is 0.565. The Kier molecular flexibility index (Phi) is 8.37. The second-order valence-corrected chi connectivity index (χ2v) is 5.28. The summed E-state index contributed by atoms with van der Waals surface area (Å²) in [4.78, 5) is 0. The smallest absolute Gasteiger partial charge is 0.0346 e. The summed E-state index contributed by atoms with van der Waals surface area (Å²) in [5.41, 5.74) is 8.20. The van der Waals surface area contributed by atoms with Crippen molar-refractivity contribution in [2.24, 2.45) is 0 Å². The highest BCUT2D eigenvalue weighted by atomic mass is 14.6. The number of anilines is 1. The zero-order valence-electron chi connectivity index (χ0n) is 12.0. The number of para-hydroxylation sites is 1. The van der Waals surface area contributed by atoms with Crippen LogP contribution in [-0.4, -0.2) is 0 Å². The zero-order chi connectivity index (χ0) is 13.1. The van der Waals surface area contributed by atoms with E-state index >= 15 is 0 Å². The van der Waals surface area contributed by atoms with Gasteiger partial charge in [0, 0.05) is 5.69 Å². The van der Waals surface area contributed by atoms with Crippen LogP contribution in [0.25, 0.3) is 0 Å². The molecule has 1 rings (SSSR count). The van der Waals surface area contributed by atoms with Crippen LogP contribution in [0.4, 0.5) is 5.69 Å². The van der Waals surface area contributed by atoms with Gasteiger partial charge in [-0.25, -0.2) is 0 Å². The number of nitrogens with two attached hydrogens (primary N) is 1. The minimum atomic E-state index is 0.956. The largest absolute Gasteiger partial charge is 0.399 e. The second kappa shape index (κ2) is 9.99. The molecule has 0 atom stereocenters. The van der Waals surface area contributed by atoms with Gasteiger partial charge < -0.3 is 5.73 Å². The molecule has 0 aliphatic heterocycles. The molecule has 0 aliphatic rings. The van der Waals surface area contributed by atoms with Gasteiger partial charge in [-0.2, -0.15) is 0 Å². The van der Waals surface area contributed by atoms with Crippen molar-refractivity contribution in [1.29, 1.82) is 0 Å². The van der Waals surface area contributed by atoms with Gasteiger partial charge in [-0.15, -0.1) is 0 Å². The summed E-state index contributed by atoms with van der Waals surface area (Å²) in [7, 11) is 0. The van der Waals surface area contributed by atoms with E-state index in [1.54, 1.807) is 0 Å². The van der Waals surface area contributed by atoms with E-state index in [1.165, 1.54) is 63.4 Å². The lowest BCUT2D eigenvalue weighted by Crippen LogP contribution is -1.93. The summed E-state index contributed by atoms with van der Waals surface area (Å²) in [6.07, 6.45) is 13.6. The third-order valence-corrected chi connectivity index (χ3v) is 3.60. The zero-order valence-corrected chi connectivity index (χ0v) is 12.0. The molecule has 1 heteroatoms. The number of unbranched alkanes of at least 4 members (excludes halogenated alkanes) is 8. The molecule has 0 fully saturated rings.